The second-order valence-electron chi connectivity index (χ2n) is 12.0. The van der Waals surface area contributed by atoms with Gasteiger partial charge in [-0.25, -0.2) is 0 Å². The third kappa shape index (κ3) is 6.85. The molecule has 212 valence electrons. The number of aryl methyl sites for hydroxylation is 1. The van der Waals surface area contributed by atoms with Gasteiger partial charge in [-0.3, -0.25) is 0 Å². The van der Waals surface area contributed by atoms with Gasteiger partial charge < -0.3 is 0 Å². The first-order valence-electron chi connectivity index (χ1n) is 14.2. The minimum atomic E-state index is -1.96. The summed E-state index contributed by atoms with van der Waals surface area (Å²) in [7, 11) is -1.96. The van der Waals surface area contributed by atoms with Crippen LogP contribution in [0.5, 0.6) is 0 Å². The molecular formula is C35H40N2O2SeSi. The third-order valence-corrected chi connectivity index (χ3v) is 16.4. The van der Waals surface area contributed by atoms with E-state index in [9.17, 15) is 0 Å². The van der Waals surface area contributed by atoms with Crippen molar-refractivity contribution in [2.24, 2.45) is 8.95 Å². The molecule has 4 nitrogen and oxygen atoms in total. The fraction of sp³-hybridized carbons (Fsp3) is 0.286. The van der Waals surface area contributed by atoms with E-state index in [1.807, 2.05) is 6.07 Å². The summed E-state index contributed by atoms with van der Waals surface area (Å²) >= 11 is -1.85. The Labute approximate surface area is 250 Å². The van der Waals surface area contributed by atoms with E-state index < -0.39 is 22.0 Å². The number of benzene rings is 4. The Morgan fingerprint density at radius 2 is 1.44 bits per heavy atom. The Morgan fingerprint density at radius 3 is 2.10 bits per heavy atom. The van der Waals surface area contributed by atoms with Gasteiger partial charge in [0.1, 0.15) is 0 Å². The molecule has 3 atom stereocenters. The average Bonchev–Trinajstić information content (AvgIpc) is 3.40. The van der Waals surface area contributed by atoms with Gasteiger partial charge in [0.25, 0.3) is 0 Å². The number of aliphatic imine (C=N–C) groups is 1. The third-order valence-electron chi connectivity index (χ3n) is 7.94. The van der Waals surface area contributed by atoms with Crippen molar-refractivity contribution >= 4 is 42.5 Å². The molecule has 0 radical (unpaired) electrons. The van der Waals surface area contributed by atoms with Crippen molar-refractivity contribution in [1.82, 2.24) is 0 Å². The summed E-state index contributed by atoms with van der Waals surface area (Å²) in [5, 5.41) is 0.124. The van der Waals surface area contributed by atoms with Crippen LogP contribution in [0.3, 0.4) is 0 Å². The van der Waals surface area contributed by atoms with Gasteiger partial charge in [-0.1, -0.05) is 0 Å². The Morgan fingerprint density at radius 1 is 0.829 bits per heavy atom. The van der Waals surface area contributed by atoms with Crippen LogP contribution in [-0.2, 0) is 9.16 Å². The van der Waals surface area contributed by atoms with Crippen LogP contribution < -0.4 is 8.92 Å². The molecule has 4 aromatic rings. The predicted octanol–water partition coefficient (Wildman–Crippen LogP) is 7.61. The zero-order valence-electron chi connectivity index (χ0n) is 24.9. The van der Waals surface area contributed by atoms with Crippen molar-refractivity contribution in [2.75, 3.05) is 6.61 Å². The van der Waals surface area contributed by atoms with Gasteiger partial charge in [0, 0.05) is 0 Å². The molecule has 0 aliphatic carbocycles. The van der Waals surface area contributed by atoms with Crippen molar-refractivity contribution in [3.63, 3.8) is 0 Å². The van der Waals surface area contributed by atoms with Gasteiger partial charge in [0.2, 0.25) is 0 Å². The molecule has 0 saturated heterocycles. The van der Waals surface area contributed by atoms with Crippen LogP contribution in [-0.4, -0.2) is 40.6 Å². The van der Waals surface area contributed by atoms with Gasteiger partial charge in [0.05, 0.1) is 0 Å². The van der Waals surface area contributed by atoms with Gasteiger partial charge >= 0.3 is 251 Å². The Balaban J connectivity index is 1.57. The number of rotatable bonds is 8. The topological polar surface area (TPSA) is 43.2 Å². The van der Waals surface area contributed by atoms with Crippen LogP contribution in [0.25, 0.3) is 0 Å². The monoisotopic (exact) mass is 628 g/mol. The minimum absolute atomic E-state index is 0.124. The van der Waals surface area contributed by atoms with Crippen LogP contribution in [0.4, 0.5) is 5.69 Å². The number of hydrogen-bond acceptors (Lipinski definition) is 4. The van der Waals surface area contributed by atoms with Gasteiger partial charge in [-0.2, -0.15) is 0 Å². The predicted molar refractivity (Wildman–Crippen MR) is 175 cm³/mol. The molecule has 0 saturated carbocycles. The zero-order chi connectivity index (χ0) is 29.0. The zero-order valence-corrected chi connectivity index (χ0v) is 27.6. The summed E-state index contributed by atoms with van der Waals surface area (Å²) in [4.78, 5) is 5.23. The molecule has 0 fully saturated rings. The van der Waals surface area contributed by atoms with E-state index in [0.717, 1.165) is 16.8 Å². The van der Waals surface area contributed by atoms with Crippen molar-refractivity contribution in [1.29, 1.82) is 0 Å². The summed E-state index contributed by atoms with van der Waals surface area (Å²) in [6.07, 6.45) is -0.201. The molecule has 4 aromatic carbocycles. The van der Waals surface area contributed by atoms with E-state index in [-0.39, 0.29) is 17.2 Å². The van der Waals surface area contributed by atoms with Crippen molar-refractivity contribution in [3.05, 3.63) is 126 Å². The molecule has 1 aliphatic rings. The van der Waals surface area contributed by atoms with Crippen molar-refractivity contribution < 1.29 is 9.16 Å². The molecule has 0 aromatic heterocycles. The average molecular weight is 628 g/mol. The molecule has 0 bridgehead atoms. The number of hydrogen-bond donors (Lipinski definition) is 0. The van der Waals surface area contributed by atoms with Crippen molar-refractivity contribution in [3.8, 4) is 0 Å². The Kier molecular flexibility index (Phi) is 8.86. The Bertz CT molecular complexity index is 1530. The van der Waals surface area contributed by atoms with Crippen molar-refractivity contribution in [2.45, 2.75) is 58.0 Å². The summed E-state index contributed by atoms with van der Waals surface area (Å²) in [5.74, 6) is 0.682. The standard InChI is InChI=1S/C35H40N2O2SeSi/c1-26-21-23-28(24-22-26)37-40(29-17-11-8-12-18-29)32-20-14-13-19-30(32)34-36-31(25-38-41(5,6)35(2,3)4)33(39-34)27-15-9-7-10-16-27/h7-24,31,33H,25H2,1-6H3/t31-,33-,40?/m0/s1. The van der Waals surface area contributed by atoms with E-state index in [4.69, 9.17) is 18.1 Å². The summed E-state index contributed by atoms with van der Waals surface area (Å²) in [6, 6.07) is 37.9. The molecule has 1 aliphatic heterocycles. The van der Waals surface area contributed by atoms with Gasteiger partial charge in [-0.05, 0) is 0 Å². The maximum atomic E-state index is 6.75. The van der Waals surface area contributed by atoms with Crippen LogP contribution in [0.15, 0.2) is 118 Å². The van der Waals surface area contributed by atoms with Gasteiger partial charge in [-0.15, -0.1) is 0 Å². The molecular weight excluding hydrogens is 587 g/mol. The Hall–Kier alpha value is -3.15. The molecule has 0 spiro atoms. The SMILES string of the molecule is Cc1ccc(N=[Se](c2ccccc2)c2ccccc2C2=N[C@@H](CO[Si](C)(C)C(C)(C)C)[C@H](c3ccccc3)O2)cc1. The summed E-state index contributed by atoms with van der Waals surface area (Å²) in [6.45, 7) is 14.0. The molecule has 5 rings (SSSR count). The molecule has 0 amide bonds. The second kappa shape index (κ2) is 12.4. The molecule has 6 heteroatoms. The first-order chi connectivity index (χ1) is 19.6. The fourth-order valence-electron chi connectivity index (χ4n) is 4.45. The first-order valence-corrected chi connectivity index (χ1v) is 19.6. The van der Waals surface area contributed by atoms with Crippen LogP contribution in [0.1, 0.15) is 43.6 Å². The second-order valence-corrected chi connectivity index (χ2v) is 20.3. The van der Waals surface area contributed by atoms with E-state index in [1.165, 1.54) is 14.5 Å². The molecule has 1 heterocycles. The summed E-state index contributed by atoms with van der Waals surface area (Å²) < 4.78 is 21.2. The molecule has 1 unspecified atom stereocenters. The van der Waals surface area contributed by atoms with E-state index in [0.29, 0.717) is 12.5 Å². The fourth-order valence-corrected chi connectivity index (χ4v) is 9.20. The van der Waals surface area contributed by atoms with Crippen LogP contribution in [0, 0.1) is 6.92 Å². The molecule has 0 N–H and O–H groups in total. The first kappa shape index (κ1) is 29.3. The normalized spacial score (nSPS) is 18.1. The number of nitrogens with zero attached hydrogens (tertiary/aromatic N) is 2. The van der Waals surface area contributed by atoms with E-state index >= 15 is 0 Å². The van der Waals surface area contributed by atoms with Crippen LogP contribution in [0.2, 0.25) is 18.1 Å². The maximum absolute atomic E-state index is 6.75. The summed E-state index contributed by atoms with van der Waals surface area (Å²) in [5.41, 5.74) is 4.36. The number of ether oxygens (including phenoxy) is 1. The van der Waals surface area contributed by atoms with Gasteiger partial charge in [0.15, 0.2) is 0 Å². The van der Waals surface area contributed by atoms with Crippen LogP contribution >= 0.6 is 0 Å². The quantitative estimate of drug-likeness (QED) is 0.189. The molecule has 41 heavy (non-hydrogen) atoms. The van der Waals surface area contributed by atoms with E-state index in [1.54, 1.807) is 0 Å². The van der Waals surface area contributed by atoms with E-state index in [2.05, 4.69) is 144 Å².